The Bertz CT molecular complexity index is 1200. The highest BCUT2D eigenvalue weighted by Crippen LogP contribution is 2.36. The van der Waals surface area contributed by atoms with Crippen LogP contribution in [0, 0.1) is 6.92 Å². The van der Waals surface area contributed by atoms with E-state index in [2.05, 4.69) is 24.0 Å². The van der Waals surface area contributed by atoms with Crippen LogP contribution in [0.5, 0.6) is 0 Å². The molecule has 0 spiro atoms. The number of nitrogens with zero attached hydrogens (tertiary/aromatic N) is 4. The van der Waals surface area contributed by atoms with Crippen LogP contribution in [0.15, 0.2) is 47.0 Å². The smallest absolute Gasteiger partial charge is 0.229 e. The molecule has 0 aliphatic rings. The third-order valence-corrected chi connectivity index (χ3v) is 5.86. The van der Waals surface area contributed by atoms with E-state index < -0.39 is 0 Å². The van der Waals surface area contributed by atoms with Crippen LogP contribution in [-0.2, 0) is 0 Å². The standard InChI is InChI=1S/C22H19Cl3N4O/c1-4-12(2)22-26-21(28-30-22)19-13(3)20(14-5-7-15(23)8-6-14)29(27-19)18-10-9-16(24)11-17(18)25/h5-12H,4H2,1-3H3. The number of halogens is 3. The van der Waals surface area contributed by atoms with E-state index in [1.807, 2.05) is 37.3 Å². The number of hydrogen-bond donors (Lipinski definition) is 0. The monoisotopic (exact) mass is 460 g/mol. The molecule has 1 unspecified atom stereocenters. The average molecular weight is 462 g/mol. The van der Waals surface area contributed by atoms with Gasteiger partial charge in [-0.1, -0.05) is 65.9 Å². The average Bonchev–Trinajstić information content (AvgIpc) is 3.33. The van der Waals surface area contributed by atoms with Gasteiger partial charge in [0, 0.05) is 27.1 Å². The molecule has 5 nitrogen and oxygen atoms in total. The first kappa shape index (κ1) is 20.9. The van der Waals surface area contributed by atoms with Gasteiger partial charge in [-0.05, 0) is 43.7 Å². The van der Waals surface area contributed by atoms with E-state index in [0.717, 1.165) is 23.2 Å². The molecular formula is C22H19Cl3N4O. The second-order valence-corrected chi connectivity index (χ2v) is 8.38. The molecule has 0 fully saturated rings. The summed E-state index contributed by atoms with van der Waals surface area (Å²) in [7, 11) is 0. The normalized spacial score (nSPS) is 12.3. The maximum Gasteiger partial charge on any atom is 0.229 e. The summed E-state index contributed by atoms with van der Waals surface area (Å²) >= 11 is 18.7. The SMILES string of the molecule is CCC(C)c1nc(-c2nn(-c3ccc(Cl)cc3Cl)c(-c3ccc(Cl)cc3)c2C)no1. The third kappa shape index (κ3) is 3.85. The Balaban J connectivity index is 1.93. The van der Waals surface area contributed by atoms with Crippen LogP contribution in [0.3, 0.4) is 0 Å². The molecule has 1 atom stereocenters. The minimum atomic E-state index is 0.176. The minimum absolute atomic E-state index is 0.176. The van der Waals surface area contributed by atoms with Gasteiger partial charge in [0.1, 0.15) is 5.69 Å². The Morgan fingerprint density at radius 1 is 1.03 bits per heavy atom. The number of rotatable bonds is 5. The zero-order valence-corrected chi connectivity index (χ0v) is 18.9. The highest BCUT2D eigenvalue weighted by Gasteiger charge is 2.24. The Hall–Kier alpha value is -2.34. The van der Waals surface area contributed by atoms with Gasteiger partial charge in [-0.2, -0.15) is 10.1 Å². The lowest BCUT2D eigenvalue weighted by Crippen LogP contribution is -2.00. The summed E-state index contributed by atoms with van der Waals surface area (Å²) in [6, 6.07) is 12.9. The summed E-state index contributed by atoms with van der Waals surface area (Å²) in [5.41, 5.74) is 4.03. The Labute approximate surface area is 189 Å². The molecule has 0 N–H and O–H groups in total. The Kier molecular flexibility index (Phi) is 5.87. The highest BCUT2D eigenvalue weighted by molar-refractivity contribution is 6.35. The van der Waals surface area contributed by atoms with Crippen molar-refractivity contribution in [2.24, 2.45) is 0 Å². The van der Waals surface area contributed by atoms with Crippen molar-refractivity contribution in [3.05, 3.63) is 69.0 Å². The van der Waals surface area contributed by atoms with Crippen LogP contribution in [-0.4, -0.2) is 19.9 Å². The molecule has 0 aliphatic carbocycles. The summed E-state index contributed by atoms with van der Waals surface area (Å²) < 4.78 is 7.25. The fraction of sp³-hybridized carbons (Fsp3) is 0.227. The molecule has 4 aromatic rings. The Morgan fingerprint density at radius 3 is 2.40 bits per heavy atom. The quantitative estimate of drug-likeness (QED) is 0.311. The molecule has 154 valence electrons. The molecule has 0 radical (unpaired) electrons. The lowest BCUT2D eigenvalue weighted by molar-refractivity contribution is 0.357. The minimum Gasteiger partial charge on any atom is -0.339 e. The van der Waals surface area contributed by atoms with Crippen LogP contribution in [0.25, 0.3) is 28.5 Å². The van der Waals surface area contributed by atoms with Gasteiger partial charge in [0.2, 0.25) is 11.7 Å². The van der Waals surface area contributed by atoms with E-state index in [-0.39, 0.29) is 5.92 Å². The van der Waals surface area contributed by atoms with Crippen LogP contribution in [0.1, 0.15) is 37.6 Å². The van der Waals surface area contributed by atoms with Crippen molar-refractivity contribution in [3.8, 4) is 28.5 Å². The molecule has 8 heteroatoms. The van der Waals surface area contributed by atoms with Crippen molar-refractivity contribution >= 4 is 34.8 Å². The topological polar surface area (TPSA) is 56.7 Å². The molecule has 0 bridgehead atoms. The van der Waals surface area contributed by atoms with Gasteiger partial charge in [0.25, 0.3) is 0 Å². The van der Waals surface area contributed by atoms with E-state index in [1.165, 1.54) is 0 Å². The lowest BCUT2D eigenvalue weighted by atomic mass is 10.1. The van der Waals surface area contributed by atoms with E-state index in [9.17, 15) is 0 Å². The maximum absolute atomic E-state index is 6.50. The van der Waals surface area contributed by atoms with Gasteiger partial charge in [-0.3, -0.25) is 0 Å². The van der Waals surface area contributed by atoms with Gasteiger partial charge in [0.15, 0.2) is 0 Å². The van der Waals surface area contributed by atoms with Gasteiger partial charge >= 0.3 is 0 Å². The molecule has 2 aromatic heterocycles. The second kappa shape index (κ2) is 8.42. The summed E-state index contributed by atoms with van der Waals surface area (Å²) in [4.78, 5) is 4.58. The molecule has 30 heavy (non-hydrogen) atoms. The molecule has 0 saturated carbocycles. The van der Waals surface area contributed by atoms with E-state index in [0.29, 0.717) is 38.2 Å². The van der Waals surface area contributed by atoms with Crippen molar-refractivity contribution in [1.82, 2.24) is 19.9 Å². The fourth-order valence-electron chi connectivity index (χ4n) is 3.19. The first-order valence-corrected chi connectivity index (χ1v) is 10.7. The largest absolute Gasteiger partial charge is 0.339 e. The van der Waals surface area contributed by atoms with Crippen molar-refractivity contribution in [3.63, 3.8) is 0 Å². The van der Waals surface area contributed by atoms with Gasteiger partial charge in [-0.25, -0.2) is 4.68 Å². The van der Waals surface area contributed by atoms with Gasteiger partial charge in [0.05, 0.1) is 16.4 Å². The molecule has 0 aliphatic heterocycles. The van der Waals surface area contributed by atoms with Crippen molar-refractivity contribution in [2.75, 3.05) is 0 Å². The molecule has 0 amide bonds. The predicted molar refractivity (Wildman–Crippen MR) is 121 cm³/mol. The van der Waals surface area contributed by atoms with Gasteiger partial charge < -0.3 is 4.52 Å². The summed E-state index contributed by atoms with van der Waals surface area (Å²) in [6.45, 7) is 6.11. The summed E-state index contributed by atoms with van der Waals surface area (Å²) in [5.74, 6) is 1.22. The van der Waals surface area contributed by atoms with Crippen molar-refractivity contribution in [2.45, 2.75) is 33.1 Å². The van der Waals surface area contributed by atoms with Crippen LogP contribution < -0.4 is 0 Å². The van der Waals surface area contributed by atoms with Crippen LogP contribution in [0.2, 0.25) is 15.1 Å². The maximum atomic E-state index is 6.50. The number of benzene rings is 2. The lowest BCUT2D eigenvalue weighted by Gasteiger charge is -2.11. The molecular weight excluding hydrogens is 443 g/mol. The zero-order chi connectivity index (χ0) is 21.4. The van der Waals surface area contributed by atoms with Crippen molar-refractivity contribution < 1.29 is 4.52 Å². The molecule has 4 rings (SSSR count). The Morgan fingerprint density at radius 2 is 1.73 bits per heavy atom. The molecule has 2 aromatic carbocycles. The van der Waals surface area contributed by atoms with E-state index in [1.54, 1.807) is 16.8 Å². The highest BCUT2D eigenvalue weighted by atomic mass is 35.5. The molecule has 0 saturated heterocycles. The fourth-order valence-corrected chi connectivity index (χ4v) is 3.80. The van der Waals surface area contributed by atoms with E-state index in [4.69, 9.17) is 44.4 Å². The third-order valence-electron chi connectivity index (χ3n) is 5.07. The van der Waals surface area contributed by atoms with Crippen molar-refractivity contribution in [1.29, 1.82) is 0 Å². The first-order valence-electron chi connectivity index (χ1n) is 9.54. The second-order valence-electron chi connectivity index (χ2n) is 7.10. The zero-order valence-electron chi connectivity index (χ0n) is 16.7. The van der Waals surface area contributed by atoms with Crippen LogP contribution in [0.4, 0.5) is 0 Å². The first-order chi connectivity index (χ1) is 14.4. The predicted octanol–water partition coefficient (Wildman–Crippen LogP) is 7.37. The molecule has 2 heterocycles. The van der Waals surface area contributed by atoms with Crippen LogP contribution >= 0.6 is 34.8 Å². The number of aromatic nitrogens is 4. The number of hydrogen-bond acceptors (Lipinski definition) is 4. The summed E-state index contributed by atoms with van der Waals surface area (Å²) in [6.07, 6.45) is 0.908. The summed E-state index contributed by atoms with van der Waals surface area (Å²) in [5, 5.41) is 10.7. The van der Waals surface area contributed by atoms with Gasteiger partial charge in [-0.15, -0.1) is 0 Å². The van der Waals surface area contributed by atoms with E-state index >= 15 is 0 Å².